The van der Waals surface area contributed by atoms with Crippen LogP contribution in [0.25, 0.3) is 0 Å². The number of carboxylic acid groups (broad SMARTS) is 1. The van der Waals surface area contributed by atoms with Gasteiger partial charge in [-0.25, -0.2) is 4.79 Å². The first-order valence-electron chi connectivity index (χ1n) is 13.6. The Morgan fingerprint density at radius 1 is 0.805 bits per heavy atom. The zero-order valence-electron chi connectivity index (χ0n) is 23.2. The van der Waals surface area contributed by atoms with E-state index in [2.05, 4.69) is 5.32 Å². The summed E-state index contributed by atoms with van der Waals surface area (Å²) in [4.78, 5) is 39.7. The second kappa shape index (κ2) is 13.9. The first-order chi connectivity index (χ1) is 19.8. The van der Waals surface area contributed by atoms with E-state index in [1.165, 1.54) is 0 Å². The lowest BCUT2D eigenvalue weighted by molar-refractivity contribution is -0.137. The maximum Gasteiger partial charge on any atom is 0.326 e. The lowest BCUT2D eigenvalue weighted by Gasteiger charge is -2.24. The van der Waals surface area contributed by atoms with Crippen LogP contribution in [-0.2, 0) is 16.0 Å². The van der Waals surface area contributed by atoms with E-state index in [1.807, 2.05) is 62.4 Å². The Morgan fingerprint density at radius 3 is 2.05 bits per heavy atom. The summed E-state index contributed by atoms with van der Waals surface area (Å²) in [5.41, 5.74) is 3.03. The van der Waals surface area contributed by atoms with Crippen LogP contribution in [0.1, 0.15) is 35.3 Å². The van der Waals surface area contributed by atoms with E-state index in [-0.39, 0.29) is 24.0 Å². The van der Waals surface area contributed by atoms with Crippen LogP contribution in [0.4, 0.5) is 11.4 Å². The number of para-hydroxylation sites is 2. The number of carbonyl (C=O) groups excluding carboxylic acids is 2. The van der Waals surface area contributed by atoms with Gasteiger partial charge in [-0.15, -0.1) is 0 Å². The molecule has 0 aliphatic heterocycles. The van der Waals surface area contributed by atoms with E-state index in [1.54, 1.807) is 65.6 Å². The number of hydrogen-bond acceptors (Lipinski definition) is 5. The molecule has 0 saturated heterocycles. The van der Waals surface area contributed by atoms with Gasteiger partial charge >= 0.3 is 5.97 Å². The predicted molar refractivity (Wildman–Crippen MR) is 161 cm³/mol. The van der Waals surface area contributed by atoms with Gasteiger partial charge in [-0.05, 0) is 42.0 Å². The summed E-state index contributed by atoms with van der Waals surface area (Å²) >= 11 is 0. The van der Waals surface area contributed by atoms with Gasteiger partial charge in [0.25, 0.3) is 0 Å². The molecule has 0 fully saturated rings. The molecule has 1 atom stereocenters. The van der Waals surface area contributed by atoms with Gasteiger partial charge in [-0.3, -0.25) is 9.59 Å². The molecule has 7 heteroatoms. The minimum atomic E-state index is -1.02. The Bertz CT molecular complexity index is 1450. The van der Waals surface area contributed by atoms with Crippen molar-refractivity contribution in [3.8, 4) is 5.75 Å². The number of anilines is 2. The zero-order valence-corrected chi connectivity index (χ0v) is 23.2. The van der Waals surface area contributed by atoms with E-state index in [9.17, 15) is 19.5 Å². The number of ether oxygens (including phenoxy) is 1. The summed E-state index contributed by atoms with van der Waals surface area (Å²) in [6.45, 7) is 4.45. The fraction of sp³-hybridized carbons (Fsp3) is 0.206. The molecule has 0 aliphatic rings. The van der Waals surface area contributed by atoms with E-state index < -0.39 is 12.0 Å². The molecule has 0 saturated carbocycles. The van der Waals surface area contributed by atoms with Gasteiger partial charge in [-0.1, -0.05) is 86.6 Å². The quantitative estimate of drug-likeness (QED) is 0.196. The SMILES string of the molecule is CC(C)C(=O)N(CCOc1ccc(CC(Nc2ccccc2C(=O)c2ccccc2)C(=O)O)cc1)c1ccccc1. The number of nitrogens with zero attached hydrogens (tertiary/aromatic N) is 1. The third-order valence-electron chi connectivity index (χ3n) is 6.61. The third-order valence-corrected chi connectivity index (χ3v) is 6.61. The first kappa shape index (κ1) is 29.1. The summed E-state index contributed by atoms with van der Waals surface area (Å²) in [6, 6.07) is 31.6. The number of benzene rings is 4. The second-order valence-electron chi connectivity index (χ2n) is 9.95. The van der Waals surface area contributed by atoms with E-state index in [0.717, 1.165) is 11.3 Å². The second-order valence-corrected chi connectivity index (χ2v) is 9.95. The van der Waals surface area contributed by atoms with Crippen LogP contribution in [0.2, 0.25) is 0 Å². The molecule has 210 valence electrons. The molecule has 0 heterocycles. The number of rotatable bonds is 13. The summed E-state index contributed by atoms with van der Waals surface area (Å²) in [6.07, 6.45) is 0.203. The monoisotopic (exact) mass is 550 g/mol. The molecule has 0 aromatic heterocycles. The van der Waals surface area contributed by atoms with Crippen LogP contribution in [-0.4, -0.2) is 42.0 Å². The Hall–Kier alpha value is -4.91. The van der Waals surface area contributed by atoms with E-state index in [0.29, 0.717) is 35.7 Å². The summed E-state index contributed by atoms with van der Waals surface area (Å²) in [5, 5.41) is 13.0. The maximum absolute atomic E-state index is 13.1. The normalized spacial score (nSPS) is 11.5. The number of nitrogens with one attached hydrogen (secondary N) is 1. The molecule has 1 unspecified atom stereocenters. The van der Waals surface area contributed by atoms with Gasteiger partial charge < -0.3 is 20.1 Å². The highest BCUT2D eigenvalue weighted by molar-refractivity contribution is 6.12. The molecule has 7 nitrogen and oxygen atoms in total. The third kappa shape index (κ3) is 7.82. The number of ketones is 1. The molecule has 0 bridgehead atoms. The molecule has 0 radical (unpaired) electrons. The number of carboxylic acids is 1. The molecule has 0 aliphatic carbocycles. The standard InChI is InChI=1S/C34H34N2O5/c1-24(2)33(38)36(27-13-7-4-8-14-27)21-22-41-28-19-17-25(18-20-28)23-31(34(39)40)35-30-16-10-9-15-29(30)32(37)26-11-5-3-6-12-26/h3-20,24,31,35H,21-23H2,1-2H3,(H,39,40). The van der Waals surface area contributed by atoms with E-state index in [4.69, 9.17) is 4.74 Å². The van der Waals surface area contributed by atoms with Crippen molar-refractivity contribution in [1.82, 2.24) is 0 Å². The summed E-state index contributed by atoms with van der Waals surface area (Å²) in [5.74, 6) is -0.705. The average molecular weight is 551 g/mol. The van der Waals surface area contributed by atoms with Crippen LogP contribution in [0.15, 0.2) is 109 Å². The van der Waals surface area contributed by atoms with Crippen molar-refractivity contribution in [1.29, 1.82) is 0 Å². The minimum Gasteiger partial charge on any atom is -0.492 e. The zero-order chi connectivity index (χ0) is 29.2. The van der Waals surface area contributed by atoms with Crippen molar-refractivity contribution >= 4 is 29.0 Å². The maximum atomic E-state index is 13.1. The minimum absolute atomic E-state index is 0.0226. The molecule has 4 rings (SSSR count). The predicted octanol–water partition coefficient (Wildman–Crippen LogP) is 6.09. The fourth-order valence-electron chi connectivity index (χ4n) is 4.44. The van der Waals surface area contributed by atoms with E-state index >= 15 is 0 Å². The largest absolute Gasteiger partial charge is 0.492 e. The molecule has 0 spiro atoms. The van der Waals surface area contributed by atoms with Crippen LogP contribution in [0.5, 0.6) is 5.75 Å². The lowest BCUT2D eigenvalue weighted by atomic mass is 10.00. The molecule has 41 heavy (non-hydrogen) atoms. The van der Waals surface area contributed by atoms with Crippen LogP contribution in [0.3, 0.4) is 0 Å². The smallest absolute Gasteiger partial charge is 0.326 e. The van der Waals surface area contributed by atoms with Crippen molar-refractivity contribution in [2.45, 2.75) is 26.3 Å². The Labute approximate surface area is 240 Å². The van der Waals surface area contributed by atoms with Gasteiger partial charge in [0, 0.05) is 34.8 Å². The fourth-order valence-corrected chi connectivity index (χ4v) is 4.44. The van der Waals surface area contributed by atoms with Gasteiger partial charge in [0.05, 0.1) is 6.54 Å². The van der Waals surface area contributed by atoms with Crippen molar-refractivity contribution in [3.05, 3.63) is 126 Å². The summed E-state index contributed by atoms with van der Waals surface area (Å²) in [7, 11) is 0. The summed E-state index contributed by atoms with van der Waals surface area (Å²) < 4.78 is 5.91. The van der Waals surface area contributed by atoms with Crippen molar-refractivity contribution in [2.75, 3.05) is 23.4 Å². The highest BCUT2D eigenvalue weighted by Gasteiger charge is 2.22. The molecular weight excluding hydrogens is 516 g/mol. The first-order valence-corrected chi connectivity index (χ1v) is 13.6. The highest BCUT2D eigenvalue weighted by atomic mass is 16.5. The Balaban J connectivity index is 1.39. The van der Waals surface area contributed by atoms with Crippen molar-refractivity contribution in [3.63, 3.8) is 0 Å². The number of carbonyl (C=O) groups is 3. The highest BCUT2D eigenvalue weighted by Crippen LogP contribution is 2.22. The van der Waals surface area contributed by atoms with Crippen LogP contribution < -0.4 is 15.0 Å². The topological polar surface area (TPSA) is 95.9 Å². The Morgan fingerprint density at radius 2 is 1.41 bits per heavy atom. The molecule has 2 N–H and O–H groups in total. The lowest BCUT2D eigenvalue weighted by Crippen LogP contribution is -2.37. The molecular formula is C34H34N2O5. The molecule has 1 amide bonds. The van der Waals surface area contributed by atoms with Gasteiger partial charge in [-0.2, -0.15) is 0 Å². The number of aliphatic carboxylic acids is 1. The molecule has 4 aromatic rings. The van der Waals surface area contributed by atoms with Crippen molar-refractivity contribution < 1.29 is 24.2 Å². The molecule has 4 aromatic carbocycles. The Kier molecular flexibility index (Phi) is 9.89. The number of amides is 1. The van der Waals surface area contributed by atoms with Crippen LogP contribution in [0, 0.1) is 5.92 Å². The average Bonchev–Trinajstić information content (AvgIpc) is 3.00. The van der Waals surface area contributed by atoms with Crippen molar-refractivity contribution in [2.24, 2.45) is 5.92 Å². The van der Waals surface area contributed by atoms with Gasteiger partial charge in [0.1, 0.15) is 18.4 Å². The van der Waals surface area contributed by atoms with Gasteiger partial charge in [0.2, 0.25) is 5.91 Å². The van der Waals surface area contributed by atoms with Crippen LogP contribution >= 0.6 is 0 Å². The van der Waals surface area contributed by atoms with Gasteiger partial charge in [0.15, 0.2) is 5.78 Å². The number of hydrogen-bond donors (Lipinski definition) is 2.